The zero-order chi connectivity index (χ0) is 17.1. The summed E-state index contributed by atoms with van der Waals surface area (Å²) in [7, 11) is 0. The number of rotatable bonds is 2. The number of hydrogen-bond acceptors (Lipinski definition) is 5. The van der Waals surface area contributed by atoms with Crippen LogP contribution in [-0.4, -0.2) is 64.2 Å². The topological polar surface area (TPSA) is 83.0 Å². The molecule has 0 radical (unpaired) electrons. The van der Waals surface area contributed by atoms with Gasteiger partial charge in [0.25, 0.3) is 5.91 Å². The minimum absolute atomic E-state index is 0.0808. The lowest BCUT2D eigenvalue weighted by Gasteiger charge is -2.32. The van der Waals surface area contributed by atoms with E-state index in [9.17, 15) is 14.7 Å². The van der Waals surface area contributed by atoms with E-state index in [1.807, 2.05) is 0 Å². The minimum atomic E-state index is -0.450. The van der Waals surface area contributed by atoms with E-state index in [0.29, 0.717) is 44.8 Å². The molecule has 1 fully saturated rings. The number of nitrogens with zero attached hydrogens (tertiary/aromatic N) is 3. The van der Waals surface area contributed by atoms with Crippen LogP contribution >= 0.6 is 0 Å². The number of pyridine rings is 1. The summed E-state index contributed by atoms with van der Waals surface area (Å²) in [6.07, 6.45) is 4.68. The maximum Gasteiger partial charge on any atom is 0.410 e. The van der Waals surface area contributed by atoms with Gasteiger partial charge < -0.3 is 19.6 Å². The highest BCUT2D eigenvalue weighted by atomic mass is 16.6. The molecule has 1 aromatic rings. The van der Waals surface area contributed by atoms with Crippen molar-refractivity contribution in [3.05, 3.63) is 29.1 Å². The number of carbonyl (C=O) groups excluding carboxylic acids is 2. The van der Waals surface area contributed by atoms with E-state index in [4.69, 9.17) is 4.74 Å². The zero-order valence-corrected chi connectivity index (χ0v) is 13.9. The molecule has 1 atom stereocenters. The predicted octanol–water partition coefficient (Wildman–Crippen LogP) is 1.19. The highest BCUT2D eigenvalue weighted by Gasteiger charge is 2.29. The fourth-order valence-electron chi connectivity index (χ4n) is 3.36. The van der Waals surface area contributed by atoms with E-state index in [1.165, 1.54) is 0 Å². The van der Waals surface area contributed by atoms with Gasteiger partial charge in [-0.15, -0.1) is 0 Å². The largest absolute Gasteiger partial charge is 0.450 e. The SMILES string of the molecule is CCOC(=O)N1CCc2c(cncc2C(=O)N2CCCC(O)C2)C1. The summed E-state index contributed by atoms with van der Waals surface area (Å²) in [5.41, 5.74) is 2.43. The van der Waals surface area contributed by atoms with Crippen LogP contribution < -0.4 is 0 Å². The number of carbonyl (C=O) groups is 2. The lowest BCUT2D eigenvalue weighted by molar-refractivity contribution is 0.0471. The van der Waals surface area contributed by atoms with Gasteiger partial charge in [-0.25, -0.2) is 4.79 Å². The molecule has 7 heteroatoms. The highest BCUT2D eigenvalue weighted by molar-refractivity contribution is 5.96. The summed E-state index contributed by atoms with van der Waals surface area (Å²) in [4.78, 5) is 32.2. The molecule has 130 valence electrons. The molecule has 24 heavy (non-hydrogen) atoms. The van der Waals surface area contributed by atoms with Crippen molar-refractivity contribution in [1.29, 1.82) is 0 Å². The van der Waals surface area contributed by atoms with E-state index in [1.54, 1.807) is 29.1 Å². The summed E-state index contributed by atoms with van der Waals surface area (Å²) < 4.78 is 5.04. The smallest absolute Gasteiger partial charge is 0.410 e. The Kier molecular flexibility index (Phi) is 4.99. The molecule has 2 aliphatic rings. The van der Waals surface area contributed by atoms with Crippen LogP contribution in [0, 0.1) is 0 Å². The Hall–Kier alpha value is -2.15. The third kappa shape index (κ3) is 3.36. The molecule has 0 aliphatic carbocycles. The molecule has 0 aromatic carbocycles. The molecule has 1 N–H and O–H groups in total. The number of amides is 2. The van der Waals surface area contributed by atoms with Crippen molar-refractivity contribution in [1.82, 2.24) is 14.8 Å². The quantitative estimate of drug-likeness (QED) is 0.879. The van der Waals surface area contributed by atoms with Crippen molar-refractivity contribution in [2.24, 2.45) is 0 Å². The van der Waals surface area contributed by atoms with Gasteiger partial charge in [-0.05, 0) is 37.3 Å². The van der Waals surface area contributed by atoms with Crippen LogP contribution in [0.1, 0.15) is 41.3 Å². The number of piperidine rings is 1. The molecular weight excluding hydrogens is 310 g/mol. The van der Waals surface area contributed by atoms with Crippen molar-refractivity contribution in [3.8, 4) is 0 Å². The van der Waals surface area contributed by atoms with Gasteiger partial charge in [-0.3, -0.25) is 9.78 Å². The second-order valence-electron chi connectivity index (χ2n) is 6.24. The molecule has 7 nitrogen and oxygen atoms in total. The first-order valence-electron chi connectivity index (χ1n) is 8.45. The Balaban J connectivity index is 1.79. The Morgan fingerprint density at radius 1 is 1.33 bits per heavy atom. The van der Waals surface area contributed by atoms with Gasteiger partial charge in [-0.2, -0.15) is 0 Å². The van der Waals surface area contributed by atoms with Crippen molar-refractivity contribution in [3.63, 3.8) is 0 Å². The third-order valence-electron chi connectivity index (χ3n) is 4.58. The Bertz CT molecular complexity index is 634. The third-order valence-corrected chi connectivity index (χ3v) is 4.58. The van der Waals surface area contributed by atoms with Crippen LogP contribution in [0.4, 0.5) is 4.79 Å². The Labute approximate surface area is 141 Å². The molecule has 0 saturated carbocycles. The molecule has 0 spiro atoms. The van der Waals surface area contributed by atoms with Crippen molar-refractivity contribution in [2.45, 2.75) is 38.8 Å². The monoisotopic (exact) mass is 333 g/mol. The second-order valence-corrected chi connectivity index (χ2v) is 6.24. The Morgan fingerprint density at radius 3 is 2.92 bits per heavy atom. The maximum atomic E-state index is 12.8. The molecule has 0 bridgehead atoms. The summed E-state index contributed by atoms with van der Waals surface area (Å²) >= 11 is 0. The lowest BCUT2D eigenvalue weighted by Crippen LogP contribution is -2.43. The molecule has 1 unspecified atom stereocenters. The number of hydrogen-bond donors (Lipinski definition) is 1. The van der Waals surface area contributed by atoms with Gasteiger partial charge in [0.15, 0.2) is 0 Å². The predicted molar refractivity (Wildman–Crippen MR) is 86.5 cm³/mol. The second kappa shape index (κ2) is 7.17. The zero-order valence-electron chi connectivity index (χ0n) is 13.9. The molecule has 3 rings (SSSR count). The van der Waals surface area contributed by atoms with E-state index < -0.39 is 6.10 Å². The number of ether oxygens (including phenoxy) is 1. The number of aromatic nitrogens is 1. The number of aliphatic hydroxyl groups excluding tert-OH is 1. The van der Waals surface area contributed by atoms with Gasteiger partial charge in [0.1, 0.15) is 0 Å². The average molecular weight is 333 g/mol. The summed E-state index contributed by atoms with van der Waals surface area (Å²) in [6, 6.07) is 0. The van der Waals surface area contributed by atoms with Crippen molar-refractivity contribution in [2.75, 3.05) is 26.2 Å². The van der Waals surface area contributed by atoms with Gasteiger partial charge in [0, 0.05) is 32.0 Å². The maximum absolute atomic E-state index is 12.8. The first kappa shape index (κ1) is 16.7. The normalized spacial score (nSPS) is 20.5. The fraction of sp³-hybridized carbons (Fsp3) is 0.588. The molecule has 3 heterocycles. The number of fused-ring (bicyclic) bond motifs is 1. The first-order valence-corrected chi connectivity index (χ1v) is 8.45. The van der Waals surface area contributed by atoms with E-state index >= 15 is 0 Å². The molecule has 1 aromatic heterocycles. The fourth-order valence-corrected chi connectivity index (χ4v) is 3.36. The van der Waals surface area contributed by atoms with Gasteiger partial charge in [0.05, 0.1) is 24.8 Å². The van der Waals surface area contributed by atoms with Gasteiger partial charge in [-0.1, -0.05) is 0 Å². The first-order chi connectivity index (χ1) is 11.6. The lowest BCUT2D eigenvalue weighted by atomic mass is 9.96. The summed E-state index contributed by atoms with van der Waals surface area (Å²) in [5, 5.41) is 9.79. The highest BCUT2D eigenvalue weighted by Crippen LogP contribution is 2.24. The molecular formula is C17H23N3O4. The van der Waals surface area contributed by atoms with Crippen LogP contribution in [0.5, 0.6) is 0 Å². The van der Waals surface area contributed by atoms with E-state index in [-0.39, 0.29) is 12.0 Å². The average Bonchev–Trinajstić information content (AvgIpc) is 2.60. The van der Waals surface area contributed by atoms with Crippen LogP contribution in [0.15, 0.2) is 12.4 Å². The number of β-amino-alcohol motifs (C(OH)–C–C–N with tert-alkyl or cyclic N) is 1. The van der Waals surface area contributed by atoms with Crippen LogP contribution in [0.25, 0.3) is 0 Å². The molecule has 2 aliphatic heterocycles. The summed E-state index contributed by atoms with van der Waals surface area (Å²) in [5.74, 6) is -0.0808. The van der Waals surface area contributed by atoms with E-state index in [2.05, 4.69) is 4.98 Å². The number of likely N-dealkylation sites (tertiary alicyclic amines) is 1. The van der Waals surface area contributed by atoms with Crippen molar-refractivity contribution >= 4 is 12.0 Å². The van der Waals surface area contributed by atoms with Crippen LogP contribution in [0.3, 0.4) is 0 Å². The van der Waals surface area contributed by atoms with Crippen LogP contribution in [-0.2, 0) is 17.7 Å². The van der Waals surface area contributed by atoms with Gasteiger partial charge in [0.2, 0.25) is 0 Å². The van der Waals surface area contributed by atoms with Crippen LogP contribution in [0.2, 0.25) is 0 Å². The molecule has 1 saturated heterocycles. The van der Waals surface area contributed by atoms with Gasteiger partial charge >= 0.3 is 6.09 Å². The van der Waals surface area contributed by atoms with Crippen molar-refractivity contribution < 1.29 is 19.4 Å². The standard InChI is InChI=1S/C17H23N3O4/c1-2-24-17(23)20-7-5-14-12(10-20)8-18-9-15(14)16(22)19-6-3-4-13(21)11-19/h8-9,13,21H,2-7,10-11H2,1H3. The Morgan fingerprint density at radius 2 is 2.17 bits per heavy atom. The molecule has 2 amide bonds. The van der Waals surface area contributed by atoms with E-state index in [0.717, 1.165) is 24.0 Å². The minimum Gasteiger partial charge on any atom is -0.450 e. The summed E-state index contributed by atoms with van der Waals surface area (Å²) in [6.45, 7) is 4.09. The number of aliphatic hydroxyl groups is 1.